The van der Waals surface area contributed by atoms with Crippen LogP contribution in [0.3, 0.4) is 0 Å². The molecule has 2 heteroatoms. The molecule has 1 spiro atoms. The summed E-state index contributed by atoms with van der Waals surface area (Å²) in [4.78, 5) is 7.58. The maximum atomic E-state index is 3.98. The molecule has 3 aliphatic carbocycles. The van der Waals surface area contributed by atoms with Gasteiger partial charge in [0.05, 0.1) is 0 Å². The Morgan fingerprint density at radius 1 is 0.786 bits per heavy atom. The third-order valence-electron chi connectivity index (χ3n) is 8.54. The molecule has 4 aromatic rings. The molecule has 3 aliphatic rings. The molecule has 0 unspecified atom stereocenters. The van der Waals surface area contributed by atoms with Crippen molar-refractivity contribution >= 4 is 21.8 Å². The number of fused-ring (bicyclic) bond motifs is 8. The van der Waals surface area contributed by atoms with Gasteiger partial charge in [-0.2, -0.15) is 0 Å². The fraction of sp³-hybridized carbons (Fsp3) is 0.385. The highest BCUT2D eigenvalue weighted by atomic mass is 14.8. The summed E-state index contributed by atoms with van der Waals surface area (Å²) >= 11 is 0. The normalized spacial score (nSPS) is 27.8. The number of hydrogen-bond acceptors (Lipinski definition) is 0. The first-order valence-electron chi connectivity index (χ1n) is 11.0. The average Bonchev–Trinajstić information content (AvgIpc) is 3.51. The second-order valence-corrected chi connectivity index (χ2v) is 9.45. The van der Waals surface area contributed by atoms with Gasteiger partial charge in [-0.25, -0.2) is 0 Å². The Kier molecular flexibility index (Phi) is 2.82. The van der Waals surface area contributed by atoms with Gasteiger partial charge < -0.3 is 9.97 Å². The van der Waals surface area contributed by atoms with Gasteiger partial charge in [0.2, 0.25) is 0 Å². The van der Waals surface area contributed by atoms with Crippen molar-refractivity contribution in [3.8, 4) is 0 Å². The van der Waals surface area contributed by atoms with E-state index in [1.165, 1.54) is 66.8 Å². The lowest BCUT2D eigenvalue weighted by Crippen LogP contribution is -2.37. The molecular weight excluding hydrogens is 340 g/mol. The maximum Gasteiger partial charge on any atom is 0.0459 e. The standard InChI is InChI=1S/C26H26N2/c1-3-10-20-17(8-1)19(16-27-20)26-15-7-12-22(26)25(13-5-6-14-25)23-18-9-2-4-11-21(18)28-24(23)26/h1-4,8-11,16,22,27-28H,5-7,12-15H2/t22-,26+/m0/s1. The average molecular weight is 367 g/mol. The maximum absolute atomic E-state index is 3.98. The number of aromatic nitrogens is 2. The summed E-state index contributed by atoms with van der Waals surface area (Å²) in [5.41, 5.74) is 7.94. The predicted molar refractivity (Wildman–Crippen MR) is 115 cm³/mol. The Labute approximate surface area is 165 Å². The van der Waals surface area contributed by atoms with E-state index in [0.29, 0.717) is 5.41 Å². The predicted octanol–water partition coefficient (Wildman–Crippen LogP) is 6.56. The van der Waals surface area contributed by atoms with Crippen molar-refractivity contribution in [2.75, 3.05) is 0 Å². The molecule has 28 heavy (non-hydrogen) atoms. The fourth-order valence-corrected chi connectivity index (χ4v) is 7.72. The summed E-state index contributed by atoms with van der Waals surface area (Å²) < 4.78 is 0. The highest BCUT2D eigenvalue weighted by Gasteiger charge is 2.64. The summed E-state index contributed by atoms with van der Waals surface area (Å²) in [5.74, 6) is 0.743. The van der Waals surface area contributed by atoms with Crippen molar-refractivity contribution in [1.29, 1.82) is 0 Å². The molecule has 140 valence electrons. The number of rotatable bonds is 1. The van der Waals surface area contributed by atoms with Crippen molar-refractivity contribution in [3.63, 3.8) is 0 Å². The lowest BCUT2D eigenvalue weighted by molar-refractivity contribution is 0.244. The van der Waals surface area contributed by atoms with Gasteiger partial charge in [-0.1, -0.05) is 55.7 Å². The number of benzene rings is 2. The molecule has 0 bridgehead atoms. The van der Waals surface area contributed by atoms with Crippen LogP contribution in [0.4, 0.5) is 0 Å². The van der Waals surface area contributed by atoms with Gasteiger partial charge in [0.1, 0.15) is 0 Å². The molecule has 2 heterocycles. The van der Waals surface area contributed by atoms with E-state index in [1.54, 1.807) is 16.8 Å². The second kappa shape index (κ2) is 5.11. The van der Waals surface area contributed by atoms with E-state index in [1.807, 2.05) is 0 Å². The van der Waals surface area contributed by atoms with Crippen LogP contribution in [0.2, 0.25) is 0 Å². The van der Waals surface area contributed by atoms with Gasteiger partial charge in [0.15, 0.2) is 0 Å². The van der Waals surface area contributed by atoms with Crippen LogP contribution >= 0.6 is 0 Å². The number of nitrogens with one attached hydrogen (secondary N) is 2. The van der Waals surface area contributed by atoms with Crippen LogP contribution in [0.1, 0.15) is 61.8 Å². The van der Waals surface area contributed by atoms with Gasteiger partial charge in [0.25, 0.3) is 0 Å². The van der Waals surface area contributed by atoms with E-state index in [-0.39, 0.29) is 5.41 Å². The molecule has 0 radical (unpaired) electrons. The summed E-state index contributed by atoms with van der Waals surface area (Å²) in [6.45, 7) is 0. The first-order chi connectivity index (χ1) is 13.8. The fourth-order valence-electron chi connectivity index (χ4n) is 7.72. The Morgan fingerprint density at radius 3 is 2.39 bits per heavy atom. The van der Waals surface area contributed by atoms with Crippen molar-refractivity contribution in [1.82, 2.24) is 9.97 Å². The molecule has 2 fully saturated rings. The minimum Gasteiger partial charge on any atom is -0.361 e. The Hall–Kier alpha value is -2.48. The molecule has 2 nitrogen and oxygen atoms in total. The highest BCUT2D eigenvalue weighted by molar-refractivity contribution is 5.91. The Morgan fingerprint density at radius 2 is 1.54 bits per heavy atom. The van der Waals surface area contributed by atoms with Crippen LogP contribution in [-0.4, -0.2) is 9.97 Å². The zero-order valence-corrected chi connectivity index (χ0v) is 16.2. The molecule has 2 saturated carbocycles. The smallest absolute Gasteiger partial charge is 0.0459 e. The van der Waals surface area contributed by atoms with Gasteiger partial charge in [-0.3, -0.25) is 0 Å². The monoisotopic (exact) mass is 366 g/mol. The molecule has 0 amide bonds. The number of para-hydroxylation sites is 2. The third-order valence-corrected chi connectivity index (χ3v) is 8.54. The van der Waals surface area contributed by atoms with Gasteiger partial charge >= 0.3 is 0 Å². The third kappa shape index (κ3) is 1.59. The van der Waals surface area contributed by atoms with Crippen LogP contribution in [-0.2, 0) is 10.8 Å². The quantitative estimate of drug-likeness (QED) is 0.382. The summed E-state index contributed by atoms with van der Waals surface area (Å²) in [6.07, 6.45) is 11.9. The van der Waals surface area contributed by atoms with Crippen molar-refractivity contribution in [2.45, 2.75) is 55.8 Å². The van der Waals surface area contributed by atoms with E-state index in [0.717, 1.165) is 5.92 Å². The van der Waals surface area contributed by atoms with Crippen LogP contribution in [0, 0.1) is 5.92 Å². The topological polar surface area (TPSA) is 31.6 Å². The van der Waals surface area contributed by atoms with Crippen molar-refractivity contribution < 1.29 is 0 Å². The Bertz CT molecular complexity index is 1220. The number of H-pyrrole nitrogens is 2. The summed E-state index contributed by atoms with van der Waals surface area (Å²) in [5, 5.41) is 2.92. The number of aromatic amines is 2. The zero-order valence-electron chi connectivity index (χ0n) is 16.2. The van der Waals surface area contributed by atoms with Crippen molar-refractivity contribution in [3.05, 3.63) is 71.5 Å². The summed E-state index contributed by atoms with van der Waals surface area (Å²) in [6, 6.07) is 18.0. The van der Waals surface area contributed by atoms with E-state index < -0.39 is 0 Å². The molecular formula is C26H26N2. The van der Waals surface area contributed by atoms with Gasteiger partial charge in [-0.15, -0.1) is 0 Å². The van der Waals surface area contributed by atoms with Crippen LogP contribution in [0.5, 0.6) is 0 Å². The zero-order chi connectivity index (χ0) is 18.3. The Balaban J connectivity index is 1.62. The van der Waals surface area contributed by atoms with Gasteiger partial charge in [0, 0.05) is 44.5 Å². The van der Waals surface area contributed by atoms with E-state index >= 15 is 0 Å². The molecule has 2 atom stereocenters. The minimum atomic E-state index is 0.151. The molecule has 0 saturated heterocycles. The lowest BCUT2D eigenvalue weighted by Gasteiger charge is -2.38. The molecule has 2 N–H and O–H groups in total. The molecule has 0 aliphatic heterocycles. The lowest BCUT2D eigenvalue weighted by atomic mass is 9.64. The molecule has 2 aromatic carbocycles. The van der Waals surface area contributed by atoms with Crippen LogP contribution in [0.15, 0.2) is 54.7 Å². The van der Waals surface area contributed by atoms with E-state index in [9.17, 15) is 0 Å². The first kappa shape index (κ1) is 15.4. The number of hydrogen-bond donors (Lipinski definition) is 2. The minimum absolute atomic E-state index is 0.151. The van der Waals surface area contributed by atoms with Crippen LogP contribution in [0.25, 0.3) is 21.8 Å². The largest absolute Gasteiger partial charge is 0.361 e. The molecule has 2 aromatic heterocycles. The van der Waals surface area contributed by atoms with E-state index in [4.69, 9.17) is 0 Å². The SMILES string of the molecule is c1ccc2c([C@]34CCC[C@H]3C3(CCCC3)c3c4[nH]c4ccccc34)c[nH]c2c1. The highest BCUT2D eigenvalue weighted by Crippen LogP contribution is 2.69. The van der Waals surface area contributed by atoms with Crippen molar-refractivity contribution in [2.24, 2.45) is 5.92 Å². The van der Waals surface area contributed by atoms with E-state index in [2.05, 4.69) is 64.7 Å². The first-order valence-corrected chi connectivity index (χ1v) is 11.0. The second-order valence-electron chi connectivity index (χ2n) is 9.45. The summed E-state index contributed by atoms with van der Waals surface area (Å²) in [7, 11) is 0. The van der Waals surface area contributed by atoms with Gasteiger partial charge in [-0.05, 0) is 54.9 Å². The van der Waals surface area contributed by atoms with Crippen LogP contribution < -0.4 is 0 Å². The molecule has 7 rings (SSSR count).